The number of hydrogen-bond acceptors (Lipinski definition) is 3. The van der Waals surface area contributed by atoms with Crippen molar-refractivity contribution < 1.29 is 0 Å². The SMILES string of the molecule is CC(C#N)N1CCN(CC#CC(C)(C)C)CC1. The molecule has 0 spiro atoms. The maximum Gasteiger partial charge on any atom is 0.0950 e. The van der Waals surface area contributed by atoms with E-state index in [9.17, 15) is 0 Å². The van der Waals surface area contributed by atoms with Crippen LogP contribution in [0.1, 0.15) is 27.7 Å². The standard InChI is InChI=1S/C14H23N3/c1-13(12-15)17-10-8-16(9-11-17)7-5-6-14(2,3)4/h13H,7-11H2,1-4H3. The maximum atomic E-state index is 8.86. The zero-order valence-electron chi connectivity index (χ0n) is 11.5. The van der Waals surface area contributed by atoms with Crippen molar-refractivity contribution in [3.63, 3.8) is 0 Å². The predicted molar refractivity (Wildman–Crippen MR) is 70.3 cm³/mol. The van der Waals surface area contributed by atoms with Crippen LogP contribution in [0.15, 0.2) is 0 Å². The van der Waals surface area contributed by atoms with Crippen LogP contribution in [0.25, 0.3) is 0 Å². The smallest absolute Gasteiger partial charge is 0.0950 e. The maximum absolute atomic E-state index is 8.86. The first-order valence-corrected chi connectivity index (χ1v) is 6.28. The molecule has 3 heteroatoms. The van der Waals surface area contributed by atoms with Crippen LogP contribution >= 0.6 is 0 Å². The summed E-state index contributed by atoms with van der Waals surface area (Å²) in [6.45, 7) is 13.2. The Hall–Kier alpha value is -1.03. The lowest BCUT2D eigenvalue weighted by Crippen LogP contribution is -2.49. The van der Waals surface area contributed by atoms with Crippen molar-refractivity contribution in [2.24, 2.45) is 5.41 Å². The van der Waals surface area contributed by atoms with E-state index in [1.165, 1.54) is 0 Å². The number of nitriles is 1. The Balaban J connectivity index is 2.33. The first kappa shape index (κ1) is 14.0. The number of piperazine rings is 1. The van der Waals surface area contributed by atoms with Crippen LogP contribution in [-0.2, 0) is 0 Å². The average Bonchev–Trinajstić information content (AvgIpc) is 2.27. The van der Waals surface area contributed by atoms with E-state index in [1.807, 2.05) is 6.92 Å². The Morgan fingerprint density at radius 1 is 1.18 bits per heavy atom. The van der Waals surface area contributed by atoms with Gasteiger partial charge < -0.3 is 0 Å². The Kier molecular flexibility index (Phi) is 5.00. The van der Waals surface area contributed by atoms with Gasteiger partial charge in [0.05, 0.1) is 18.7 Å². The van der Waals surface area contributed by atoms with Crippen LogP contribution in [-0.4, -0.2) is 48.6 Å². The highest BCUT2D eigenvalue weighted by atomic mass is 15.3. The fourth-order valence-corrected chi connectivity index (χ4v) is 1.81. The lowest BCUT2D eigenvalue weighted by atomic mass is 9.98. The van der Waals surface area contributed by atoms with Crippen LogP contribution in [0.2, 0.25) is 0 Å². The Morgan fingerprint density at radius 2 is 1.76 bits per heavy atom. The average molecular weight is 233 g/mol. The minimum absolute atomic E-state index is 0.0396. The molecule has 1 heterocycles. The molecule has 3 nitrogen and oxygen atoms in total. The van der Waals surface area contributed by atoms with Gasteiger partial charge in [0.1, 0.15) is 0 Å². The molecule has 17 heavy (non-hydrogen) atoms. The summed E-state index contributed by atoms with van der Waals surface area (Å²) >= 11 is 0. The second-order valence-corrected chi connectivity index (χ2v) is 5.67. The molecule has 1 fully saturated rings. The van der Waals surface area contributed by atoms with E-state index in [4.69, 9.17) is 5.26 Å². The van der Waals surface area contributed by atoms with Crippen LogP contribution in [0, 0.1) is 28.6 Å². The molecule has 0 radical (unpaired) electrons. The van der Waals surface area contributed by atoms with E-state index in [0.717, 1.165) is 32.7 Å². The lowest BCUT2D eigenvalue weighted by Gasteiger charge is -2.34. The highest BCUT2D eigenvalue weighted by molar-refractivity contribution is 5.09. The Labute approximate surface area is 105 Å². The van der Waals surface area contributed by atoms with Gasteiger partial charge in [0, 0.05) is 31.6 Å². The van der Waals surface area contributed by atoms with Crippen molar-refractivity contribution >= 4 is 0 Å². The third-order valence-corrected chi connectivity index (χ3v) is 2.91. The number of nitrogens with zero attached hydrogens (tertiary/aromatic N) is 3. The zero-order chi connectivity index (χ0) is 12.9. The van der Waals surface area contributed by atoms with Gasteiger partial charge in [0.25, 0.3) is 0 Å². The van der Waals surface area contributed by atoms with Gasteiger partial charge in [-0.2, -0.15) is 5.26 Å². The molecule has 0 aliphatic carbocycles. The molecule has 0 amide bonds. The molecule has 0 aromatic heterocycles. The number of rotatable bonds is 2. The molecule has 0 N–H and O–H groups in total. The summed E-state index contributed by atoms with van der Waals surface area (Å²) in [4.78, 5) is 4.59. The third kappa shape index (κ3) is 5.22. The van der Waals surface area contributed by atoms with Gasteiger partial charge in [-0.3, -0.25) is 9.80 Å². The predicted octanol–water partition coefficient (Wildman–Crippen LogP) is 1.57. The van der Waals surface area contributed by atoms with Crippen molar-refractivity contribution in [1.82, 2.24) is 9.80 Å². The molecule has 0 saturated carbocycles. The van der Waals surface area contributed by atoms with Crippen molar-refractivity contribution in [3.05, 3.63) is 0 Å². The summed E-state index contributed by atoms with van der Waals surface area (Å²) in [7, 11) is 0. The minimum atomic E-state index is 0.0396. The zero-order valence-corrected chi connectivity index (χ0v) is 11.5. The molecule has 1 rings (SSSR count). The topological polar surface area (TPSA) is 30.3 Å². The van der Waals surface area contributed by atoms with Crippen molar-refractivity contribution in [3.8, 4) is 17.9 Å². The third-order valence-electron chi connectivity index (χ3n) is 2.91. The first-order valence-electron chi connectivity index (χ1n) is 6.28. The van der Waals surface area contributed by atoms with Gasteiger partial charge in [-0.1, -0.05) is 11.8 Å². The van der Waals surface area contributed by atoms with Gasteiger partial charge in [-0.25, -0.2) is 0 Å². The summed E-state index contributed by atoms with van der Waals surface area (Å²) in [6.07, 6.45) is 0. The second kappa shape index (κ2) is 6.05. The van der Waals surface area contributed by atoms with E-state index >= 15 is 0 Å². The van der Waals surface area contributed by atoms with Gasteiger partial charge in [0.2, 0.25) is 0 Å². The molecule has 1 unspecified atom stereocenters. The monoisotopic (exact) mass is 233 g/mol. The van der Waals surface area contributed by atoms with E-state index < -0.39 is 0 Å². The molecule has 94 valence electrons. The molecule has 0 aromatic rings. The van der Waals surface area contributed by atoms with Crippen molar-refractivity contribution in [1.29, 1.82) is 5.26 Å². The molecule has 0 aromatic carbocycles. The molecular weight excluding hydrogens is 210 g/mol. The van der Waals surface area contributed by atoms with Gasteiger partial charge in [0.15, 0.2) is 0 Å². The first-order chi connectivity index (χ1) is 7.92. The quantitative estimate of drug-likeness (QED) is 0.678. The van der Waals surface area contributed by atoms with Gasteiger partial charge >= 0.3 is 0 Å². The summed E-state index contributed by atoms with van der Waals surface area (Å²) in [5.74, 6) is 6.50. The van der Waals surface area contributed by atoms with Crippen LogP contribution in [0.3, 0.4) is 0 Å². The van der Waals surface area contributed by atoms with Crippen LogP contribution in [0.5, 0.6) is 0 Å². The second-order valence-electron chi connectivity index (χ2n) is 5.67. The summed E-state index contributed by atoms with van der Waals surface area (Å²) < 4.78 is 0. The molecule has 1 aliphatic rings. The Bertz CT molecular complexity index is 329. The van der Waals surface area contributed by atoms with Crippen LogP contribution < -0.4 is 0 Å². The van der Waals surface area contributed by atoms with Crippen molar-refractivity contribution in [2.75, 3.05) is 32.7 Å². The fourth-order valence-electron chi connectivity index (χ4n) is 1.81. The highest BCUT2D eigenvalue weighted by Crippen LogP contribution is 2.10. The molecule has 0 bridgehead atoms. The fraction of sp³-hybridized carbons (Fsp3) is 0.786. The molecular formula is C14H23N3. The normalized spacial score (nSPS) is 20.2. The highest BCUT2D eigenvalue weighted by Gasteiger charge is 2.19. The van der Waals surface area contributed by atoms with E-state index in [-0.39, 0.29) is 11.5 Å². The van der Waals surface area contributed by atoms with Crippen LogP contribution in [0.4, 0.5) is 0 Å². The summed E-state index contributed by atoms with van der Waals surface area (Å²) in [6, 6.07) is 2.33. The minimum Gasteiger partial charge on any atom is -0.290 e. The molecule has 1 aliphatic heterocycles. The molecule has 1 atom stereocenters. The van der Waals surface area contributed by atoms with Crippen molar-refractivity contribution in [2.45, 2.75) is 33.7 Å². The number of hydrogen-bond donors (Lipinski definition) is 0. The van der Waals surface area contributed by atoms with E-state index in [1.54, 1.807) is 0 Å². The largest absolute Gasteiger partial charge is 0.290 e. The van der Waals surface area contributed by atoms with Gasteiger partial charge in [-0.05, 0) is 27.7 Å². The lowest BCUT2D eigenvalue weighted by molar-refractivity contribution is 0.130. The Morgan fingerprint density at radius 3 is 2.24 bits per heavy atom. The van der Waals surface area contributed by atoms with E-state index in [2.05, 4.69) is 48.5 Å². The molecule has 1 saturated heterocycles. The van der Waals surface area contributed by atoms with Gasteiger partial charge in [-0.15, -0.1) is 0 Å². The van der Waals surface area contributed by atoms with E-state index in [0.29, 0.717) is 0 Å². The summed E-state index contributed by atoms with van der Waals surface area (Å²) in [5.41, 5.74) is 0.0944. The summed E-state index contributed by atoms with van der Waals surface area (Å²) in [5, 5.41) is 8.86.